The Morgan fingerprint density at radius 2 is 1.42 bits per heavy atom. The zero-order chi connectivity index (χ0) is 22.1. The molecule has 0 aromatic heterocycles. The van der Waals surface area contributed by atoms with E-state index in [1.165, 1.54) is 10.5 Å². The molecule has 1 heterocycles. The Hall–Kier alpha value is -3.66. The molecule has 0 saturated heterocycles. The van der Waals surface area contributed by atoms with Crippen LogP contribution in [0.4, 0.5) is 11.4 Å². The van der Waals surface area contributed by atoms with Gasteiger partial charge in [-0.1, -0.05) is 74.0 Å². The van der Waals surface area contributed by atoms with Crippen molar-refractivity contribution in [3.63, 3.8) is 0 Å². The molecule has 3 aromatic carbocycles. The fourth-order valence-corrected chi connectivity index (χ4v) is 3.76. The first-order chi connectivity index (χ1) is 14.9. The van der Waals surface area contributed by atoms with Crippen LogP contribution in [0.1, 0.15) is 42.0 Å². The average Bonchev–Trinajstić information content (AvgIpc) is 2.99. The van der Waals surface area contributed by atoms with Gasteiger partial charge in [0.15, 0.2) is 0 Å². The van der Waals surface area contributed by atoms with Gasteiger partial charge in [0.2, 0.25) is 0 Å². The highest BCUT2D eigenvalue weighted by molar-refractivity contribution is 6.46. The Morgan fingerprint density at radius 3 is 2.03 bits per heavy atom. The van der Waals surface area contributed by atoms with Crippen molar-refractivity contribution < 1.29 is 9.59 Å². The molecule has 0 atom stereocenters. The lowest BCUT2D eigenvalue weighted by Gasteiger charge is -2.17. The zero-order valence-electron chi connectivity index (χ0n) is 18.3. The summed E-state index contributed by atoms with van der Waals surface area (Å²) in [6.45, 7) is 8.17. The van der Waals surface area contributed by atoms with Crippen LogP contribution in [-0.4, -0.2) is 11.8 Å². The van der Waals surface area contributed by atoms with Crippen molar-refractivity contribution in [3.8, 4) is 0 Å². The van der Waals surface area contributed by atoms with Gasteiger partial charge in [-0.3, -0.25) is 9.59 Å². The van der Waals surface area contributed by atoms with Crippen molar-refractivity contribution in [2.75, 3.05) is 10.2 Å². The lowest BCUT2D eigenvalue weighted by molar-refractivity contribution is -0.120. The normalized spacial score (nSPS) is 14.0. The summed E-state index contributed by atoms with van der Waals surface area (Å²) in [5, 5.41) is 3.24. The number of anilines is 2. The van der Waals surface area contributed by atoms with Gasteiger partial charge in [-0.05, 0) is 54.7 Å². The highest BCUT2D eigenvalue weighted by Crippen LogP contribution is 2.35. The van der Waals surface area contributed by atoms with E-state index in [0.717, 1.165) is 22.4 Å². The number of hydrogen-bond donors (Lipinski definition) is 1. The Balaban J connectivity index is 1.79. The molecule has 4 heteroatoms. The second kappa shape index (κ2) is 8.23. The highest BCUT2D eigenvalue weighted by Gasteiger charge is 2.40. The van der Waals surface area contributed by atoms with Gasteiger partial charge in [0.1, 0.15) is 5.70 Å². The van der Waals surface area contributed by atoms with E-state index in [1.807, 2.05) is 80.6 Å². The SMILES string of the molecule is Cc1ccc(C2=C(Nc3ccc(C(C)C)cc3)C(=O)N(c3ccccc3C)C2=O)cc1. The molecule has 4 nitrogen and oxygen atoms in total. The maximum absolute atomic E-state index is 13.5. The number of para-hydroxylation sites is 1. The Morgan fingerprint density at radius 1 is 0.774 bits per heavy atom. The molecule has 4 rings (SSSR count). The van der Waals surface area contributed by atoms with Crippen LogP contribution < -0.4 is 10.2 Å². The van der Waals surface area contributed by atoms with Gasteiger partial charge < -0.3 is 5.32 Å². The molecular formula is C27H26N2O2. The molecule has 1 aliphatic heterocycles. The molecule has 0 fully saturated rings. The minimum Gasteiger partial charge on any atom is -0.350 e. The van der Waals surface area contributed by atoms with Crippen molar-refractivity contribution in [1.29, 1.82) is 0 Å². The van der Waals surface area contributed by atoms with E-state index < -0.39 is 0 Å². The van der Waals surface area contributed by atoms with Gasteiger partial charge in [-0.2, -0.15) is 0 Å². The number of carbonyl (C=O) groups excluding carboxylic acids is 2. The van der Waals surface area contributed by atoms with Crippen LogP contribution in [0.25, 0.3) is 5.57 Å². The lowest BCUT2D eigenvalue weighted by Crippen LogP contribution is -2.33. The zero-order valence-corrected chi connectivity index (χ0v) is 18.3. The van der Waals surface area contributed by atoms with Gasteiger partial charge in [0.05, 0.1) is 11.3 Å². The second-order valence-electron chi connectivity index (χ2n) is 8.25. The van der Waals surface area contributed by atoms with E-state index in [2.05, 4.69) is 19.2 Å². The number of nitrogens with one attached hydrogen (secondary N) is 1. The van der Waals surface area contributed by atoms with E-state index in [0.29, 0.717) is 22.9 Å². The van der Waals surface area contributed by atoms with Gasteiger partial charge in [-0.25, -0.2) is 4.90 Å². The van der Waals surface area contributed by atoms with E-state index in [9.17, 15) is 9.59 Å². The molecule has 0 unspecified atom stereocenters. The summed E-state index contributed by atoms with van der Waals surface area (Å²) in [7, 11) is 0. The van der Waals surface area contributed by atoms with Crippen LogP contribution in [0.15, 0.2) is 78.5 Å². The van der Waals surface area contributed by atoms with Crippen LogP contribution in [0, 0.1) is 13.8 Å². The fourth-order valence-electron chi connectivity index (χ4n) is 3.76. The first-order valence-electron chi connectivity index (χ1n) is 10.5. The first-order valence-corrected chi connectivity index (χ1v) is 10.5. The Kier molecular flexibility index (Phi) is 5.47. The van der Waals surface area contributed by atoms with Gasteiger partial charge in [0, 0.05) is 5.69 Å². The third-order valence-corrected chi connectivity index (χ3v) is 5.63. The second-order valence-corrected chi connectivity index (χ2v) is 8.25. The Labute approximate surface area is 183 Å². The summed E-state index contributed by atoms with van der Waals surface area (Å²) in [4.78, 5) is 28.3. The largest absolute Gasteiger partial charge is 0.350 e. The van der Waals surface area contributed by atoms with Crippen LogP contribution in [0.2, 0.25) is 0 Å². The number of aryl methyl sites for hydroxylation is 2. The third kappa shape index (κ3) is 3.89. The molecule has 156 valence electrons. The molecule has 0 saturated carbocycles. The topological polar surface area (TPSA) is 49.4 Å². The maximum Gasteiger partial charge on any atom is 0.282 e. The number of imide groups is 1. The predicted octanol–water partition coefficient (Wildman–Crippen LogP) is 5.82. The van der Waals surface area contributed by atoms with Gasteiger partial charge in [-0.15, -0.1) is 0 Å². The average molecular weight is 411 g/mol. The predicted molar refractivity (Wildman–Crippen MR) is 126 cm³/mol. The minimum absolute atomic E-state index is 0.300. The third-order valence-electron chi connectivity index (χ3n) is 5.63. The molecule has 1 aliphatic rings. The fraction of sp³-hybridized carbons (Fsp3) is 0.185. The monoisotopic (exact) mass is 410 g/mol. The van der Waals surface area contributed by atoms with Crippen molar-refractivity contribution in [2.45, 2.75) is 33.6 Å². The van der Waals surface area contributed by atoms with Crippen LogP contribution in [0.5, 0.6) is 0 Å². The van der Waals surface area contributed by atoms with E-state index in [-0.39, 0.29) is 11.8 Å². The Bertz CT molecular complexity index is 1170. The molecular weight excluding hydrogens is 384 g/mol. The molecule has 0 aliphatic carbocycles. The molecule has 31 heavy (non-hydrogen) atoms. The van der Waals surface area contributed by atoms with Crippen LogP contribution in [-0.2, 0) is 9.59 Å². The summed E-state index contributed by atoms with van der Waals surface area (Å²) in [5.41, 5.74) is 5.97. The summed E-state index contributed by atoms with van der Waals surface area (Å²) < 4.78 is 0. The summed E-state index contributed by atoms with van der Waals surface area (Å²) in [5.74, 6) is -0.241. The minimum atomic E-state index is -0.345. The molecule has 2 amide bonds. The molecule has 1 N–H and O–H groups in total. The van der Waals surface area contributed by atoms with E-state index in [4.69, 9.17) is 0 Å². The van der Waals surface area contributed by atoms with Crippen molar-refractivity contribution in [2.24, 2.45) is 0 Å². The van der Waals surface area contributed by atoms with E-state index in [1.54, 1.807) is 6.07 Å². The van der Waals surface area contributed by atoms with E-state index >= 15 is 0 Å². The number of hydrogen-bond acceptors (Lipinski definition) is 3. The van der Waals surface area contributed by atoms with Crippen molar-refractivity contribution >= 4 is 28.8 Å². The molecule has 0 spiro atoms. The molecule has 3 aromatic rings. The smallest absolute Gasteiger partial charge is 0.282 e. The van der Waals surface area contributed by atoms with Gasteiger partial charge in [0.25, 0.3) is 11.8 Å². The molecule has 0 radical (unpaired) electrons. The quantitative estimate of drug-likeness (QED) is 0.539. The summed E-state index contributed by atoms with van der Waals surface area (Å²) >= 11 is 0. The highest BCUT2D eigenvalue weighted by atomic mass is 16.2. The van der Waals surface area contributed by atoms with Crippen LogP contribution >= 0.6 is 0 Å². The van der Waals surface area contributed by atoms with Gasteiger partial charge >= 0.3 is 0 Å². The maximum atomic E-state index is 13.5. The number of nitrogens with zero attached hydrogens (tertiary/aromatic N) is 1. The number of rotatable bonds is 5. The van der Waals surface area contributed by atoms with Crippen molar-refractivity contribution in [3.05, 3.63) is 101 Å². The number of benzene rings is 3. The lowest BCUT2D eigenvalue weighted by atomic mass is 10.0. The summed E-state index contributed by atoms with van der Waals surface area (Å²) in [6.07, 6.45) is 0. The van der Waals surface area contributed by atoms with Crippen molar-refractivity contribution in [1.82, 2.24) is 0 Å². The first kappa shape index (κ1) is 20.6. The number of carbonyl (C=O) groups is 2. The standard InChI is InChI=1S/C27H26N2O2/c1-17(2)20-13-15-22(16-14-20)28-25-24(21-11-9-18(3)10-12-21)26(30)29(27(25)31)23-8-6-5-7-19(23)4/h5-17,28H,1-4H3. The summed E-state index contributed by atoms with van der Waals surface area (Å²) in [6, 6.07) is 23.1. The number of amides is 2. The molecule has 0 bridgehead atoms. The van der Waals surface area contributed by atoms with Crippen LogP contribution in [0.3, 0.4) is 0 Å².